The quantitative estimate of drug-likeness (QED) is 0.675. The SMILES string of the molecule is C[C@]12CC[C@H](O)[C@H](O)[C@@H]1CC[C@]13CCC(C4=CC(=O)OC4)[C@@](C)(CC[C@@H]12)C3=O. The molecule has 4 aliphatic carbocycles. The molecule has 0 saturated heterocycles. The van der Waals surface area contributed by atoms with Crippen LogP contribution in [-0.2, 0) is 14.3 Å². The number of hydrogen-bond acceptors (Lipinski definition) is 5. The van der Waals surface area contributed by atoms with Crippen LogP contribution >= 0.6 is 0 Å². The number of carbonyl (C=O) groups excluding carboxylic acids is 2. The third kappa shape index (κ3) is 2.21. The third-order valence-corrected chi connectivity index (χ3v) is 9.70. The molecule has 1 spiro atoms. The highest BCUT2D eigenvalue weighted by Gasteiger charge is 2.68. The van der Waals surface area contributed by atoms with E-state index < -0.39 is 17.6 Å². The van der Waals surface area contributed by atoms with Crippen molar-refractivity contribution in [3.63, 3.8) is 0 Å². The molecular weight excluding hydrogens is 356 g/mol. The fourth-order valence-electron chi connectivity index (χ4n) is 8.28. The highest BCUT2D eigenvalue weighted by atomic mass is 16.5. The van der Waals surface area contributed by atoms with Crippen LogP contribution in [0, 0.1) is 34.0 Å². The summed E-state index contributed by atoms with van der Waals surface area (Å²) in [6, 6.07) is 0. The molecule has 0 aromatic rings. The average molecular weight is 389 g/mol. The van der Waals surface area contributed by atoms with Crippen LogP contribution in [0.3, 0.4) is 0 Å². The molecule has 5 heteroatoms. The molecule has 5 nitrogen and oxygen atoms in total. The Hall–Kier alpha value is -1.20. The fraction of sp³-hybridized carbons (Fsp3) is 0.826. The van der Waals surface area contributed by atoms with Gasteiger partial charge in [0.05, 0.1) is 12.2 Å². The minimum atomic E-state index is -0.664. The zero-order chi connectivity index (χ0) is 19.9. The van der Waals surface area contributed by atoms with E-state index in [2.05, 4.69) is 13.8 Å². The maximum Gasteiger partial charge on any atom is 0.331 e. The van der Waals surface area contributed by atoms with Crippen LogP contribution in [0.15, 0.2) is 11.6 Å². The van der Waals surface area contributed by atoms with Crippen molar-refractivity contribution in [2.24, 2.45) is 34.0 Å². The van der Waals surface area contributed by atoms with Gasteiger partial charge in [-0.15, -0.1) is 0 Å². The molecule has 0 radical (unpaired) electrons. The van der Waals surface area contributed by atoms with E-state index in [-0.39, 0.29) is 34.6 Å². The Bertz CT molecular complexity index is 758. The number of cyclic esters (lactones) is 1. The van der Waals surface area contributed by atoms with Gasteiger partial charge < -0.3 is 14.9 Å². The van der Waals surface area contributed by atoms with Crippen molar-refractivity contribution >= 4 is 11.8 Å². The van der Waals surface area contributed by atoms with Crippen molar-refractivity contribution in [2.75, 3.05) is 6.61 Å². The zero-order valence-corrected chi connectivity index (χ0v) is 16.9. The predicted octanol–water partition coefficient (Wildman–Crippen LogP) is 2.78. The maximum absolute atomic E-state index is 14.0. The first-order chi connectivity index (χ1) is 13.2. The summed E-state index contributed by atoms with van der Waals surface area (Å²) in [4.78, 5) is 25.6. The molecule has 28 heavy (non-hydrogen) atoms. The van der Waals surface area contributed by atoms with Crippen LogP contribution in [0.5, 0.6) is 0 Å². The molecule has 5 aliphatic rings. The van der Waals surface area contributed by atoms with Crippen LogP contribution < -0.4 is 0 Å². The van der Waals surface area contributed by atoms with E-state index in [1.54, 1.807) is 6.08 Å². The lowest BCUT2D eigenvalue weighted by Gasteiger charge is -2.66. The van der Waals surface area contributed by atoms with Crippen molar-refractivity contribution in [2.45, 2.75) is 77.4 Å². The number of rotatable bonds is 1. The number of esters is 1. The Morgan fingerprint density at radius 3 is 2.46 bits per heavy atom. The number of ether oxygens (including phenoxy) is 1. The fourth-order valence-corrected chi connectivity index (χ4v) is 8.28. The molecule has 5 rings (SSSR count). The molecule has 8 atom stereocenters. The average Bonchev–Trinajstić information content (AvgIpc) is 3.07. The van der Waals surface area contributed by atoms with Crippen molar-refractivity contribution in [1.29, 1.82) is 0 Å². The van der Waals surface area contributed by atoms with Crippen molar-refractivity contribution in [3.05, 3.63) is 11.6 Å². The third-order valence-electron chi connectivity index (χ3n) is 9.70. The van der Waals surface area contributed by atoms with E-state index >= 15 is 0 Å². The highest BCUT2D eigenvalue weighted by molar-refractivity contribution is 5.93. The van der Waals surface area contributed by atoms with Gasteiger partial charge in [-0.25, -0.2) is 4.79 Å². The van der Waals surface area contributed by atoms with E-state index in [0.29, 0.717) is 18.8 Å². The lowest BCUT2D eigenvalue weighted by Crippen LogP contribution is -2.66. The summed E-state index contributed by atoms with van der Waals surface area (Å²) in [7, 11) is 0. The Labute approximate surface area is 166 Å². The number of aliphatic hydroxyl groups is 2. The van der Waals surface area contributed by atoms with E-state index in [1.165, 1.54) is 0 Å². The summed E-state index contributed by atoms with van der Waals surface area (Å²) >= 11 is 0. The van der Waals surface area contributed by atoms with Crippen LogP contribution in [0.25, 0.3) is 0 Å². The largest absolute Gasteiger partial charge is 0.458 e. The number of Topliss-reactive ketones (excluding diaryl/α,β-unsaturated/α-hetero) is 1. The maximum atomic E-state index is 14.0. The van der Waals surface area contributed by atoms with E-state index in [4.69, 9.17) is 4.74 Å². The Morgan fingerprint density at radius 2 is 1.75 bits per heavy atom. The zero-order valence-electron chi connectivity index (χ0n) is 16.9. The molecule has 1 unspecified atom stereocenters. The summed E-state index contributed by atoms with van der Waals surface area (Å²) < 4.78 is 5.16. The van der Waals surface area contributed by atoms with Gasteiger partial charge in [-0.1, -0.05) is 13.8 Å². The molecular formula is C23H32O5. The number of fused-ring (bicyclic) bond motifs is 3. The lowest BCUT2D eigenvalue weighted by molar-refractivity contribution is -0.205. The first-order valence-corrected chi connectivity index (χ1v) is 11.0. The minimum Gasteiger partial charge on any atom is -0.458 e. The van der Waals surface area contributed by atoms with Crippen molar-refractivity contribution in [1.82, 2.24) is 0 Å². The normalized spacial score (nSPS) is 53.1. The van der Waals surface area contributed by atoms with Gasteiger partial charge in [0.25, 0.3) is 0 Å². The summed E-state index contributed by atoms with van der Waals surface area (Å²) in [6.07, 6.45) is 7.15. The number of aliphatic hydroxyl groups excluding tert-OH is 2. The van der Waals surface area contributed by atoms with Crippen LogP contribution in [-0.4, -0.2) is 40.8 Å². The van der Waals surface area contributed by atoms with E-state index in [9.17, 15) is 19.8 Å². The van der Waals surface area contributed by atoms with Crippen molar-refractivity contribution in [3.8, 4) is 0 Å². The number of ketones is 1. The molecule has 0 aromatic heterocycles. The number of hydrogen-bond donors (Lipinski definition) is 2. The van der Waals surface area contributed by atoms with Crippen LogP contribution in [0.4, 0.5) is 0 Å². The van der Waals surface area contributed by atoms with Gasteiger partial charge in [-0.3, -0.25) is 4.79 Å². The second-order valence-electron chi connectivity index (χ2n) is 10.7. The summed E-state index contributed by atoms with van der Waals surface area (Å²) in [5.74, 6) is 0.612. The van der Waals surface area contributed by atoms with Gasteiger partial charge in [0.15, 0.2) is 0 Å². The second kappa shape index (κ2) is 5.91. The Kier molecular flexibility index (Phi) is 3.97. The van der Waals surface area contributed by atoms with E-state index in [0.717, 1.165) is 50.5 Å². The number of carbonyl (C=O) groups is 2. The van der Waals surface area contributed by atoms with Crippen molar-refractivity contribution < 1.29 is 24.5 Å². The molecule has 2 bridgehead atoms. The summed E-state index contributed by atoms with van der Waals surface area (Å²) in [5, 5.41) is 20.9. The molecule has 0 amide bonds. The summed E-state index contributed by atoms with van der Waals surface area (Å²) in [6.45, 7) is 4.73. The van der Waals surface area contributed by atoms with Gasteiger partial charge in [0, 0.05) is 16.9 Å². The highest BCUT2D eigenvalue weighted by Crippen LogP contribution is 2.70. The lowest BCUT2D eigenvalue weighted by atomic mass is 9.37. The van der Waals surface area contributed by atoms with Crippen LogP contribution in [0.2, 0.25) is 0 Å². The molecule has 1 aliphatic heterocycles. The van der Waals surface area contributed by atoms with Crippen LogP contribution in [0.1, 0.15) is 65.2 Å². The smallest absolute Gasteiger partial charge is 0.331 e. The first-order valence-electron chi connectivity index (χ1n) is 11.0. The molecule has 2 N–H and O–H groups in total. The molecule has 1 heterocycles. The van der Waals surface area contributed by atoms with Gasteiger partial charge in [-0.2, -0.15) is 0 Å². The molecule has 154 valence electrons. The minimum absolute atomic E-state index is 0.0770. The predicted molar refractivity (Wildman–Crippen MR) is 102 cm³/mol. The summed E-state index contributed by atoms with van der Waals surface area (Å²) in [5.41, 5.74) is 0.225. The van der Waals surface area contributed by atoms with E-state index in [1.807, 2.05) is 0 Å². The molecule has 0 aromatic carbocycles. The molecule has 4 fully saturated rings. The first kappa shape index (κ1) is 18.8. The second-order valence-corrected chi connectivity index (χ2v) is 10.7. The van der Waals surface area contributed by atoms with Gasteiger partial charge in [-0.05, 0) is 80.1 Å². The monoisotopic (exact) mass is 388 g/mol. The van der Waals surface area contributed by atoms with Gasteiger partial charge in [0.1, 0.15) is 12.4 Å². The topological polar surface area (TPSA) is 83.8 Å². The Balaban J connectivity index is 1.50. The van der Waals surface area contributed by atoms with Gasteiger partial charge in [0.2, 0.25) is 0 Å². The molecule has 4 saturated carbocycles. The van der Waals surface area contributed by atoms with Gasteiger partial charge >= 0.3 is 5.97 Å². The standard InChI is InChI=1S/C23H32O5/c1-21-7-5-16(24)19(26)15(21)4-10-23-9-3-14(13-11-18(25)28-12-13)22(2,20(23)27)8-6-17(21)23/h11,14-17,19,24,26H,3-10,12H2,1-2H3/t14?,15-,16-,17+,19+,21-,22+,23+/m0/s1. The Morgan fingerprint density at radius 1 is 1.00 bits per heavy atom.